The van der Waals surface area contributed by atoms with Crippen LogP contribution in [0.4, 0.5) is 5.82 Å². The summed E-state index contributed by atoms with van der Waals surface area (Å²) in [5, 5.41) is 7.93. The zero-order valence-electron chi connectivity index (χ0n) is 11.6. The Kier molecular flexibility index (Phi) is 3.38. The molecule has 0 spiro atoms. The second-order valence-corrected chi connectivity index (χ2v) is 5.32. The van der Waals surface area contributed by atoms with Gasteiger partial charge in [0.15, 0.2) is 5.65 Å². The Bertz CT molecular complexity index is 562. The fourth-order valence-corrected chi connectivity index (χ4v) is 2.83. The van der Waals surface area contributed by atoms with Crippen LogP contribution < -0.4 is 5.32 Å². The van der Waals surface area contributed by atoms with Crippen LogP contribution in [0.1, 0.15) is 25.3 Å². The summed E-state index contributed by atoms with van der Waals surface area (Å²) < 4.78 is 1.89. The van der Waals surface area contributed by atoms with E-state index in [1.54, 1.807) is 6.33 Å². The minimum absolute atomic E-state index is 0.503. The number of likely N-dealkylation sites (N-methyl/N-ethyl adjacent to an activating group) is 1. The summed E-state index contributed by atoms with van der Waals surface area (Å²) in [6.45, 7) is 7.79. The van der Waals surface area contributed by atoms with Crippen molar-refractivity contribution in [3.8, 4) is 0 Å². The van der Waals surface area contributed by atoms with Gasteiger partial charge < -0.3 is 10.2 Å². The maximum Gasteiger partial charge on any atom is 0.157 e. The van der Waals surface area contributed by atoms with Gasteiger partial charge in [0.1, 0.15) is 12.1 Å². The second kappa shape index (κ2) is 5.17. The third-order valence-electron chi connectivity index (χ3n) is 3.83. The summed E-state index contributed by atoms with van der Waals surface area (Å²) in [5.74, 6) is 1.05. The molecular formula is C14H21N5. The topological polar surface area (TPSA) is 45.5 Å². The van der Waals surface area contributed by atoms with Crippen molar-refractivity contribution in [1.82, 2.24) is 19.5 Å². The van der Waals surface area contributed by atoms with Crippen LogP contribution in [0.3, 0.4) is 0 Å². The summed E-state index contributed by atoms with van der Waals surface area (Å²) in [5.41, 5.74) is 2.12. The highest BCUT2D eigenvalue weighted by atomic mass is 15.3. The molecule has 1 aliphatic heterocycles. The van der Waals surface area contributed by atoms with Gasteiger partial charge in [0, 0.05) is 12.6 Å². The van der Waals surface area contributed by atoms with E-state index in [2.05, 4.69) is 46.3 Å². The minimum atomic E-state index is 0.503. The smallest absolute Gasteiger partial charge is 0.157 e. The van der Waals surface area contributed by atoms with E-state index in [-0.39, 0.29) is 0 Å². The first-order chi connectivity index (χ1) is 9.26. The molecule has 2 aromatic heterocycles. The Hall–Kier alpha value is -1.62. The first kappa shape index (κ1) is 12.4. The van der Waals surface area contributed by atoms with E-state index in [1.165, 1.54) is 24.9 Å². The predicted molar refractivity (Wildman–Crippen MR) is 76.5 cm³/mol. The number of nitrogens with zero attached hydrogens (tertiary/aromatic N) is 4. The van der Waals surface area contributed by atoms with Crippen molar-refractivity contribution in [3.63, 3.8) is 0 Å². The molecule has 3 rings (SSSR count). The van der Waals surface area contributed by atoms with E-state index in [1.807, 2.05) is 4.52 Å². The molecule has 1 saturated heterocycles. The number of likely N-dealkylation sites (tertiary alicyclic amines) is 1. The van der Waals surface area contributed by atoms with E-state index in [4.69, 9.17) is 0 Å². The molecule has 19 heavy (non-hydrogen) atoms. The van der Waals surface area contributed by atoms with Crippen LogP contribution in [-0.4, -0.2) is 45.2 Å². The molecule has 0 aliphatic carbocycles. The summed E-state index contributed by atoms with van der Waals surface area (Å²) in [7, 11) is 0. The molecular weight excluding hydrogens is 238 g/mol. The average Bonchev–Trinajstić information content (AvgIpc) is 2.87. The maximum atomic E-state index is 4.29. The number of fused-ring (bicyclic) bond motifs is 1. The van der Waals surface area contributed by atoms with Crippen LogP contribution in [0.15, 0.2) is 18.5 Å². The van der Waals surface area contributed by atoms with Gasteiger partial charge in [0.25, 0.3) is 0 Å². The highest BCUT2D eigenvalue weighted by molar-refractivity contribution is 5.51. The summed E-state index contributed by atoms with van der Waals surface area (Å²) in [4.78, 5) is 6.76. The molecule has 0 amide bonds. The zero-order chi connectivity index (χ0) is 13.2. The molecule has 0 saturated carbocycles. The molecule has 0 aromatic carbocycles. The van der Waals surface area contributed by atoms with Gasteiger partial charge in [-0.15, -0.1) is 0 Å². The SMILES string of the molecule is CCN1CCCC(Nc2cc(C)cc3ncnn23)C1. The first-order valence-corrected chi connectivity index (χ1v) is 7.05. The van der Waals surface area contributed by atoms with Crippen molar-refractivity contribution in [2.24, 2.45) is 0 Å². The zero-order valence-corrected chi connectivity index (χ0v) is 11.6. The van der Waals surface area contributed by atoms with Crippen LogP contribution >= 0.6 is 0 Å². The Labute approximate surface area is 113 Å². The molecule has 0 radical (unpaired) electrons. The lowest BCUT2D eigenvalue weighted by Gasteiger charge is -2.32. The molecule has 5 nitrogen and oxygen atoms in total. The number of nitrogens with one attached hydrogen (secondary N) is 1. The summed E-state index contributed by atoms with van der Waals surface area (Å²) in [6, 6.07) is 4.70. The van der Waals surface area contributed by atoms with E-state index < -0.39 is 0 Å². The van der Waals surface area contributed by atoms with Crippen molar-refractivity contribution in [2.45, 2.75) is 32.7 Å². The van der Waals surface area contributed by atoms with Crippen LogP contribution in [0.5, 0.6) is 0 Å². The number of piperidine rings is 1. The lowest BCUT2D eigenvalue weighted by Crippen LogP contribution is -2.42. The van der Waals surface area contributed by atoms with Crippen LogP contribution in [0, 0.1) is 6.92 Å². The number of aryl methyl sites for hydroxylation is 1. The Morgan fingerprint density at radius 2 is 2.32 bits per heavy atom. The summed E-state index contributed by atoms with van der Waals surface area (Å²) in [6.07, 6.45) is 4.09. The van der Waals surface area contributed by atoms with Gasteiger partial charge in [0.05, 0.1) is 0 Å². The molecule has 1 aliphatic rings. The number of anilines is 1. The fraction of sp³-hybridized carbons (Fsp3) is 0.571. The standard InChI is InChI=1S/C14H21N5/c1-3-18-6-4-5-12(9-18)17-14-8-11(2)7-13-15-10-16-19(13)14/h7-8,10,12,17H,3-6,9H2,1-2H3. The van der Waals surface area contributed by atoms with Gasteiger partial charge in [-0.2, -0.15) is 9.61 Å². The number of pyridine rings is 1. The van der Waals surface area contributed by atoms with Gasteiger partial charge in [-0.3, -0.25) is 0 Å². The molecule has 1 N–H and O–H groups in total. The van der Waals surface area contributed by atoms with Gasteiger partial charge >= 0.3 is 0 Å². The van der Waals surface area contributed by atoms with Gasteiger partial charge in [-0.1, -0.05) is 6.92 Å². The number of rotatable bonds is 3. The van der Waals surface area contributed by atoms with Crippen molar-refractivity contribution in [2.75, 3.05) is 25.0 Å². The van der Waals surface area contributed by atoms with E-state index in [9.17, 15) is 0 Å². The Balaban J connectivity index is 1.82. The lowest BCUT2D eigenvalue weighted by molar-refractivity contribution is 0.226. The number of aromatic nitrogens is 3. The van der Waals surface area contributed by atoms with Crippen molar-refractivity contribution in [3.05, 3.63) is 24.0 Å². The van der Waals surface area contributed by atoms with E-state index in [0.717, 1.165) is 24.6 Å². The maximum absolute atomic E-state index is 4.29. The highest BCUT2D eigenvalue weighted by Crippen LogP contribution is 2.18. The molecule has 5 heteroatoms. The van der Waals surface area contributed by atoms with Gasteiger partial charge in [-0.25, -0.2) is 4.98 Å². The van der Waals surface area contributed by atoms with Gasteiger partial charge in [0.2, 0.25) is 0 Å². The lowest BCUT2D eigenvalue weighted by atomic mass is 10.1. The fourth-order valence-electron chi connectivity index (χ4n) is 2.83. The molecule has 102 valence electrons. The van der Waals surface area contributed by atoms with Crippen LogP contribution in [0.2, 0.25) is 0 Å². The third kappa shape index (κ3) is 2.56. The van der Waals surface area contributed by atoms with Crippen LogP contribution in [-0.2, 0) is 0 Å². The molecule has 1 fully saturated rings. The predicted octanol–water partition coefficient (Wildman–Crippen LogP) is 1.93. The largest absolute Gasteiger partial charge is 0.366 e. The first-order valence-electron chi connectivity index (χ1n) is 7.05. The summed E-state index contributed by atoms with van der Waals surface area (Å²) >= 11 is 0. The highest BCUT2D eigenvalue weighted by Gasteiger charge is 2.19. The number of hydrogen-bond acceptors (Lipinski definition) is 4. The molecule has 2 aromatic rings. The Morgan fingerprint density at radius 3 is 3.16 bits per heavy atom. The molecule has 3 heterocycles. The number of hydrogen-bond donors (Lipinski definition) is 1. The Morgan fingerprint density at radius 1 is 1.42 bits per heavy atom. The second-order valence-electron chi connectivity index (χ2n) is 5.32. The molecule has 1 unspecified atom stereocenters. The normalized spacial score (nSPS) is 20.8. The molecule has 1 atom stereocenters. The van der Waals surface area contributed by atoms with E-state index >= 15 is 0 Å². The van der Waals surface area contributed by atoms with Crippen molar-refractivity contribution >= 4 is 11.5 Å². The average molecular weight is 259 g/mol. The van der Waals surface area contributed by atoms with Crippen molar-refractivity contribution < 1.29 is 0 Å². The minimum Gasteiger partial charge on any atom is -0.366 e. The van der Waals surface area contributed by atoms with Crippen molar-refractivity contribution in [1.29, 1.82) is 0 Å². The third-order valence-corrected chi connectivity index (χ3v) is 3.83. The quantitative estimate of drug-likeness (QED) is 0.915. The van der Waals surface area contributed by atoms with E-state index in [0.29, 0.717) is 6.04 Å². The van der Waals surface area contributed by atoms with Gasteiger partial charge in [-0.05, 0) is 50.6 Å². The van der Waals surface area contributed by atoms with Crippen LogP contribution in [0.25, 0.3) is 5.65 Å². The molecule has 0 bridgehead atoms. The monoisotopic (exact) mass is 259 g/mol.